The number of hydrogen-bond donors (Lipinski definition) is 2. The third kappa shape index (κ3) is 8.13. The summed E-state index contributed by atoms with van der Waals surface area (Å²) < 4.78 is 44.0. The summed E-state index contributed by atoms with van der Waals surface area (Å²) in [5.74, 6) is 0.539. The molecule has 2 N–H and O–H groups in total. The van der Waals surface area contributed by atoms with Gasteiger partial charge in [0.1, 0.15) is 36.9 Å². The van der Waals surface area contributed by atoms with Crippen LogP contribution in [0.25, 0.3) is 0 Å². The molecule has 2 unspecified atom stereocenters. The second-order valence-electron chi connectivity index (χ2n) is 11.5. The monoisotopic (exact) mass is 658 g/mol. The van der Waals surface area contributed by atoms with Crippen LogP contribution in [0.4, 0.5) is 0 Å². The van der Waals surface area contributed by atoms with Crippen LogP contribution in [0.1, 0.15) is 45.7 Å². The van der Waals surface area contributed by atoms with Crippen LogP contribution in [0.5, 0.6) is 11.5 Å². The van der Waals surface area contributed by atoms with Crippen molar-refractivity contribution in [3.8, 4) is 11.5 Å². The summed E-state index contributed by atoms with van der Waals surface area (Å²) in [5, 5.41) is 23.5. The van der Waals surface area contributed by atoms with E-state index in [0.29, 0.717) is 33.8 Å². The number of para-hydroxylation sites is 2. The first-order valence-electron chi connectivity index (χ1n) is 15.2. The Kier molecular flexibility index (Phi) is 10.8. The molecular weight excluding hydrogens is 620 g/mol. The first-order valence-corrected chi connectivity index (χ1v) is 16.6. The van der Waals surface area contributed by atoms with Crippen LogP contribution >= 0.6 is 0 Å². The molecule has 1 aliphatic heterocycles. The van der Waals surface area contributed by atoms with E-state index in [1.54, 1.807) is 97.1 Å². The summed E-state index contributed by atoms with van der Waals surface area (Å²) in [6, 6.07) is 28.3. The number of Topliss-reactive ketones (excluding diaryl/α,β-unsaturated/α-hetero) is 2. The van der Waals surface area contributed by atoms with E-state index in [2.05, 4.69) is 0 Å². The summed E-state index contributed by atoms with van der Waals surface area (Å²) in [7, 11) is -4.52. The molecule has 4 aromatic carbocycles. The Labute approximate surface area is 275 Å². The molecule has 11 heteroatoms. The smallest absolute Gasteiger partial charge is 0.283 e. The van der Waals surface area contributed by atoms with Gasteiger partial charge in [-0.2, -0.15) is 17.0 Å². The third-order valence-electron chi connectivity index (χ3n) is 8.14. The van der Waals surface area contributed by atoms with Gasteiger partial charge in [0.2, 0.25) is 0 Å². The van der Waals surface area contributed by atoms with Crippen molar-refractivity contribution in [1.82, 2.24) is 8.61 Å². The van der Waals surface area contributed by atoms with Gasteiger partial charge in [-0.25, -0.2) is 0 Å². The lowest BCUT2D eigenvalue weighted by Crippen LogP contribution is -2.52. The molecule has 0 saturated carbocycles. The molecule has 1 aliphatic rings. The molecule has 0 aliphatic carbocycles. The highest BCUT2D eigenvalue weighted by molar-refractivity contribution is 7.86. The van der Waals surface area contributed by atoms with Gasteiger partial charge in [0.25, 0.3) is 10.2 Å². The fraction of sp³-hybridized carbons (Fsp3) is 0.278. The Balaban J connectivity index is 1.60. The zero-order valence-corrected chi connectivity index (χ0v) is 27.0. The minimum Gasteiger partial charge on any atom is -0.492 e. The van der Waals surface area contributed by atoms with E-state index < -0.39 is 34.5 Å². The molecule has 1 saturated heterocycles. The van der Waals surface area contributed by atoms with Crippen LogP contribution in [0.3, 0.4) is 0 Å². The molecule has 5 rings (SSSR count). The summed E-state index contributed by atoms with van der Waals surface area (Å²) >= 11 is 0. The van der Waals surface area contributed by atoms with Crippen molar-refractivity contribution >= 4 is 21.8 Å². The van der Waals surface area contributed by atoms with Crippen molar-refractivity contribution in [1.29, 1.82) is 0 Å². The fourth-order valence-electron chi connectivity index (χ4n) is 5.57. The van der Waals surface area contributed by atoms with Gasteiger partial charge in [-0.1, -0.05) is 72.8 Å². The number of ether oxygens (including phenoxy) is 2. The highest BCUT2D eigenvalue weighted by Gasteiger charge is 2.51. The van der Waals surface area contributed by atoms with Crippen molar-refractivity contribution in [2.24, 2.45) is 0 Å². The molecular formula is C36H38N2O8S. The molecule has 0 amide bonds. The lowest BCUT2D eigenvalue weighted by molar-refractivity contribution is -0.0565. The van der Waals surface area contributed by atoms with Gasteiger partial charge in [-0.15, -0.1) is 0 Å². The lowest BCUT2D eigenvalue weighted by atomic mass is 9.98. The highest BCUT2D eigenvalue weighted by atomic mass is 32.2. The topological polar surface area (TPSA) is 134 Å². The maximum absolute atomic E-state index is 14.9. The Morgan fingerprint density at radius 3 is 1.36 bits per heavy atom. The number of hydrogen-bond acceptors (Lipinski definition) is 8. The molecule has 4 atom stereocenters. The minimum absolute atomic E-state index is 0.185. The van der Waals surface area contributed by atoms with E-state index in [1.807, 2.05) is 12.1 Å². The van der Waals surface area contributed by atoms with E-state index in [4.69, 9.17) is 9.47 Å². The number of ketones is 2. The fourth-order valence-corrected chi connectivity index (χ4v) is 7.52. The Hall–Kier alpha value is -4.39. The van der Waals surface area contributed by atoms with Gasteiger partial charge >= 0.3 is 0 Å². The normalized spacial score (nSPS) is 21.4. The van der Waals surface area contributed by atoms with Gasteiger partial charge in [0, 0.05) is 24.2 Å². The Morgan fingerprint density at radius 2 is 1.00 bits per heavy atom. The van der Waals surface area contributed by atoms with E-state index in [1.165, 1.54) is 13.8 Å². The average Bonchev–Trinajstić information content (AvgIpc) is 3.12. The van der Waals surface area contributed by atoms with Crippen molar-refractivity contribution in [2.45, 2.75) is 51.2 Å². The van der Waals surface area contributed by atoms with E-state index in [-0.39, 0.29) is 37.9 Å². The van der Waals surface area contributed by atoms with Crippen LogP contribution in [0, 0.1) is 0 Å². The Morgan fingerprint density at radius 1 is 0.617 bits per heavy atom. The molecule has 10 nitrogen and oxygen atoms in total. The number of aliphatic hydroxyl groups excluding tert-OH is 2. The quantitative estimate of drug-likeness (QED) is 0.216. The van der Waals surface area contributed by atoms with Crippen LogP contribution in [0.15, 0.2) is 109 Å². The molecule has 0 bridgehead atoms. The molecule has 0 aromatic heterocycles. The number of benzene rings is 4. The SMILES string of the molecule is CC(=O)c1cccc(CN2C(COc3ccccc3)C(O)[C@H](O)[C@H](COc3ccccc3)N(Cc3cccc(C(C)=O)c3)S2(=O)=O)c1. The molecule has 0 spiro atoms. The summed E-state index contributed by atoms with van der Waals surface area (Å²) in [5.41, 5.74) is 1.81. The Bertz CT molecular complexity index is 1660. The van der Waals surface area contributed by atoms with Gasteiger partial charge in [0.05, 0.1) is 12.1 Å². The van der Waals surface area contributed by atoms with Gasteiger partial charge < -0.3 is 19.7 Å². The second kappa shape index (κ2) is 15.0. The standard InChI is InChI=1S/C36H38N2O8S/c1-25(39)29-13-9-11-27(19-29)21-37-33(23-45-31-15-5-3-6-16-31)35(41)36(42)34(24-46-32-17-7-4-8-18-32)38(47(37,43)44)22-28-12-10-14-30(20-28)26(2)40/h3-20,33-36,41-42H,21-24H2,1-2H3/t33-,34?,35+,36?/m0/s1. The van der Waals surface area contributed by atoms with Crippen molar-refractivity contribution in [2.75, 3.05) is 13.2 Å². The van der Waals surface area contributed by atoms with Gasteiger partial charge in [-0.3, -0.25) is 9.59 Å². The molecule has 0 radical (unpaired) electrons. The van der Waals surface area contributed by atoms with E-state index >= 15 is 0 Å². The highest BCUT2D eigenvalue weighted by Crippen LogP contribution is 2.32. The molecule has 1 heterocycles. The van der Waals surface area contributed by atoms with Crippen LogP contribution in [-0.2, 0) is 23.3 Å². The third-order valence-corrected chi connectivity index (χ3v) is 10.1. The molecule has 246 valence electrons. The average molecular weight is 659 g/mol. The lowest BCUT2D eigenvalue weighted by Gasteiger charge is -2.34. The first-order chi connectivity index (χ1) is 22.5. The largest absolute Gasteiger partial charge is 0.492 e. The molecule has 4 aromatic rings. The minimum atomic E-state index is -4.52. The number of carbonyl (C=O) groups is 2. The zero-order chi connectivity index (χ0) is 33.6. The first kappa shape index (κ1) is 34.0. The van der Waals surface area contributed by atoms with Crippen molar-refractivity contribution < 1.29 is 37.7 Å². The zero-order valence-electron chi connectivity index (χ0n) is 26.2. The van der Waals surface area contributed by atoms with Crippen LogP contribution in [-0.4, -0.2) is 76.3 Å². The van der Waals surface area contributed by atoms with Gasteiger partial charge in [0.15, 0.2) is 11.6 Å². The second-order valence-corrected chi connectivity index (χ2v) is 13.3. The number of aliphatic hydroxyl groups is 2. The molecule has 47 heavy (non-hydrogen) atoms. The number of rotatable bonds is 12. The maximum Gasteiger partial charge on any atom is 0.283 e. The van der Waals surface area contributed by atoms with Gasteiger partial charge in [-0.05, 0) is 61.4 Å². The molecule has 1 fully saturated rings. The maximum atomic E-state index is 14.9. The van der Waals surface area contributed by atoms with E-state index in [9.17, 15) is 28.2 Å². The summed E-state index contributed by atoms with van der Waals surface area (Å²) in [6.07, 6.45) is -3.22. The number of carbonyl (C=O) groups excluding carboxylic acids is 2. The predicted molar refractivity (Wildman–Crippen MR) is 176 cm³/mol. The summed E-state index contributed by atoms with van der Waals surface area (Å²) in [4.78, 5) is 24.4. The number of nitrogens with zero attached hydrogens (tertiary/aromatic N) is 2. The van der Waals surface area contributed by atoms with Crippen LogP contribution < -0.4 is 9.47 Å². The summed E-state index contributed by atoms with van der Waals surface area (Å²) in [6.45, 7) is 1.82. The van der Waals surface area contributed by atoms with Crippen molar-refractivity contribution in [3.05, 3.63) is 131 Å². The van der Waals surface area contributed by atoms with E-state index in [0.717, 1.165) is 8.61 Å². The predicted octanol–water partition coefficient (Wildman–Crippen LogP) is 4.27. The van der Waals surface area contributed by atoms with Crippen LogP contribution in [0.2, 0.25) is 0 Å². The van der Waals surface area contributed by atoms with Crippen molar-refractivity contribution in [3.63, 3.8) is 0 Å².